The highest BCUT2D eigenvalue weighted by Gasteiger charge is 2.11. The largest absolute Gasteiger partial charge is 0.507 e. The van der Waals surface area contributed by atoms with Crippen molar-refractivity contribution in [3.05, 3.63) is 131 Å². The summed E-state index contributed by atoms with van der Waals surface area (Å²) in [6, 6.07) is 32.4. The monoisotopic (exact) mass is 480 g/mol. The molecular weight excluding hydrogens is 448 g/mol. The van der Waals surface area contributed by atoms with Gasteiger partial charge in [0.05, 0.1) is 5.56 Å². The van der Waals surface area contributed by atoms with Gasteiger partial charge in [-0.25, -0.2) is 0 Å². The van der Waals surface area contributed by atoms with Gasteiger partial charge in [0.2, 0.25) is 0 Å². The topological polar surface area (TPSA) is 63.6 Å². The number of aromatic hydroxyl groups is 1. The highest BCUT2D eigenvalue weighted by molar-refractivity contribution is 5.98. The second-order valence-corrected chi connectivity index (χ2v) is 8.70. The number of carbonyl (C=O) groups excluding carboxylic acids is 2. The molecule has 0 fully saturated rings. The lowest BCUT2D eigenvalue weighted by Gasteiger charge is -2.05. The molecule has 0 spiro atoms. The number of benzene rings is 4. The molecule has 184 valence electrons. The van der Waals surface area contributed by atoms with Crippen molar-refractivity contribution >= 4 is 11.8 Å². The second kappa shape index (κ2) is 13.6. The summed E-state index contributed by atoms with van der Waals surface area (Å²) in [6.45, 7) is 3.91. The zero-order valence-corrected chi connectivity index (χ0v) is 20.8. The first kappa shape index (κ1) is 26.4. The molecule has 0 atom stereocenters. The van der Waals surface area contributed by atoms with Crippen LogP contribution >= 0.6 is 0 Å². The van der Waals surface area contributed by atoms with E-state index in [0.717, 1.165) is 22.3 Å². The number of phenols is 1. The zero-order valence-electron chi connectivity index (χ0n) is 20.8. The van der Waals surface area contributed by atoms with Crippen LogP contribution in [0.15, 0.2) is 103 Å². The Morgan fingerprint density at radius 2 is 1.19 bits per heavy atom. The van der Waals surface area contributed by atoms with E-state index in [9.17, 15) is 14.7 Å². The molecule has 0 aliphatic heterocycles. The summed E-state index contributed by atoms with van der Waals surface area (Å²) in [5.74, 6) is 0.472. The third-order valence-electron chi connectivity index (χ3n) is 5.65. The molecule has 0 saturated carbocycles. The number of rotatable bonds is 8. The highest BCUT2D eigenvalue weighted by Crippen LogP contribution is 2.20. The van der Waals surface area contributed by atoms with Gasteiger partial charge in [-0.1, -0.05) is 90.0 Å². The van der Waals surface area contributed by atoms with Crippen molar-refractivity contribution in [2.75, 3.05) is 0 Å². The number of esters is 1. The number of hydrogen-bond acceptors (Lipinski definition) is 4. The quantitative estimate of drug-likeness (QED) is 0.167. The van der Waals surface area contributed by atoms with E-state index in [-0.39, 0.29) is 17.5 Å². The maximum absolute atomic E-state index is 12.0. The van der Waals surface area contributed by atoms with Gasteiger partial charge in [-0.15, -0.1) is 0 Å². The summed E-state index contributed by atoms with van der Waals surface area (Å²) in [4.78, 5) is 23.7. The summed E-state index contributed by atoms with van der Waals surface area (Å²) < 4.78 is 5.25. The first-order chi connectivity index (χ1) is 17.4. The molecule has 0 aliphatic carbocycles. The fourth-order valence-corrected chi connectivity index (χ4v) is 3.59. The maximum Gasteiger partial charge on any atom is 0.311 e. The van der Waals surface area contributed by atoms with Crippen LogP contribution < -0.4 is 4.74 Å². The van der Waals surface area contributed by atoms with E-state index in [4.69, 9.17) is 4.74 Å². The first-order valence-electron chi connectivity index (χ1n) is 12.1. The Bertz CT molecular complexity index is 1250. The number of ether oxygens (including phenoxy) is 1. The smallest absolute Gasteiger partial charge is 0.311 e. The molecule has 4 aromatic rings. The Balaban J connectivity index is 0.000000201. The number of Topliss-reactive ketones (excluding diaryl/α,β-unsaturated/α-hetero) is 1. The third-order valence-corrected chi connectivity index (χ3v) is 5.65. The van der Waals surface area contributed by atoms with Gasteiger partial charge in [0.1, 0.15) is 11.5 Å². The molecule has 0 aliphatic rings. The molecule has 0 unspecified atom stereocenters. The molecule has 0 radical (unpaired) electrons. The Kier molecular flexibility index (Phi) is 10.0. The van der Waals surface area contributed by atoms with Crippen molar-refractivity contribution in [2.24, 2.45) is 0 Å². The number of carbonyl (C=O) groups is 2. The van der Waals surface area contributed by atoms with Gasteiger partial charge in [-0.3, -0.25) is 9.59 Å². The average Bonchev–Trinajstić information content (AvgIpc) is 2.90. The van der Waals surface area contributed by atoms with Gasteiger partial charge in [0.25, 0.3) is 0 Å². The number of aryl methyl sites for hydroxylation is 4. The predicted molar refractivity (Wildman–Crippen MR) is 144 cm³/mol. The van der Waals surface area contributed by atoms with Crippen LogP contribution in [0, 0.1) is 13.8 Å². The molecular formula is C32H32O4. The molecule has 4 rings (SSSR count). The van der Waals surface area contributed by atoms with Crippen LogP contribution in [0.4, 0.5) is 0 Å². The minimum atomic E-state index is -0.192. The Labute approximate surface area is 213 Å². The molecule has 0 amide bonds. The second-order valence-electron chi connectivity index (χ2n) is 8.70. The van der Waals surface area contributed by atoms with Gasteiger partial charge in [0, 0.05) is 12.8 Å². The minimum Gasteiger partial charge on any atom is -0.507 e. The van der Waals surface area contributed by atoms with E-state index >= 15 is 0 Å². The van der Waals surface area contributed by atoms with Crippen molar-refractivity contribution in [1.82, 2.24) is 0 Å². The standard InChI is InChI=1S/2C16H16O2/c1-13-7-10-15(11-8-13)18-16(17)12-9-14-5-3-2-4-6-14;1-12-7-9-15(17)14(11-12)16(18)10-8-13-5-3-2-4-6-13/h2-8,10-11H,9,12H2,1H3;2-7,9,11,17H,8,10H2,1H3. The minimum absolute atomic E-state index is 0.0138. The lowest BCUT2D eigenvalue weighted by Crippen LogP contribution is -2.08. The zero-order chi connectivity index (χ0) is 25.8. The maximum atomic E-state index is 12.0. The van der Waals surface area contributed by atoms with Crippen molar-refractivity contribution < 1.29 is 19.4 Å². The van der Waals surface area contributed by atoms with Gasteiger partial charge in [0.15, 0.2) is 5.78 Å². The van der Waals surface area contributed by atoms with Crippen molar-refractivity contribution in [2.45, 2.75) is 39.5 Å². The van der Waals surface area contributed by atoms with Gasteiger partial charge >= 0.3 is 5.97 Å². The van der Waals surface area contributed by atoms with Crippen LogP contribution in [-0.4, -0.2) is 16.9 Å². The fraction of sp³-hybridized carbons (Fsp3) is 0.188. The number of phenolic OH excluding ortho intramolecular Hbond substituents is 1. The van der Waals surface area contributed by atoms with Crippen LogP contribution in [0.3, 0.4) is 0 Å². The van der Waals surface area contributed by atoms with Crippen molar-refractivity contribution in [3.8, 4) is 11.5 Å². The normalized spacial score (nSPS) is 10.2. The van der Waals surface area contributed by atoms with Crippen LogP contribution in [0.25, 0.3) is 0 Å². The predicted octanol–water partition coefficient (Wildman–Crippen LogP) is 7.05. The molecule has 0 aromatic heterocycles. The highest BCUT2D eigenvalue weighted by atomic mass is 16.5. The molecule has 4 nitrogen and oxygen atoms in total. The molecule has 1 N–H and O–H groups in total. The van der Waals surface area contributed by atoms with Crippen molar-refractivity contribution in [3.63, 3.8) is 0 Å². The van der Waals surface area contributed by atoms with E-state index in [1.54, 1.807) is 18.2 Å². The van der Waals surface area contributed by atoms with Gasteiger partial charge in [-0.2, -0.15) is 0 Å². The Morgan fingerprint density at radius 3 is 1.78 bits per heavy atom. The van der Waals surface area contributed by atoms with E-state index in [1.165, 1.54) is 0 Å². The molecule has 36 heavy (non-hydrogen) atoms. The lowest BCUT2D eigenvalue weighted by atomic mass is 10.0. The molecule has 0 saturated heterocycles. The van der Waals surface area contributed by atoms with Gasteiger partial charge in [-0.05, 0) is 62.1 Å². The molecule has 0 heterocycles. The van der Waals surface area contributed by atoms with E-state index in [0.29, 0.717) is 37.0 Å². The van der Waals surface area contributed by atoms with Crippen LogP contribution in [0.2, 0.25) is 0 Å². The van der Waals surface area contributed by atoms with E-state index in [1.807, 2.05) is 98.8 Å². The summed E-state index contributed by atoms with van der Waals surface area (Å²) in [6.07, 6.45) is 2.23. The van der Waals surface area contributed by atoms with E-state index in [2.05, 4.69) is 0 Å². The lowest BCUT2D eigenvalue weighted by molar-refractivity contribution is -0.134. The van der Waals surface area contributed by atoms with Crippen LogP contribution in [0.1, 0.15) is 45.5 Å². The Hall–Kier alpha value is -4.18. The van der Waals surface area contributed by atoms with Crippen LogP contribution in [0.5, 0.6) is 11.5 Å². The summed E-state index contributed by atoms with van der Waals surface area (Å²) in [7, 11) is 0. The summed E-state index contributed by atoms with van der Waals surface area (Å²) >= 11 is 0. The SMILES string of the molecule is Cc1ccc(O)c(C(=O)CCc2ccccc2)c1.Cc1ccc(OC(=O)CCc2ccccc2)cc1. The van der Waals surface area contributed by atoms with E-state index < -0.39 is 0 Å². The summed E-state index contributed by atoms with van der Waals surface area (Å²) in [5, 5.41) is 9.68. The molecule has 4 heteroatoms. The Morgan fingerprint density at radius 1 is 0.667 bits per heavy atom. The number of hydrogen-bond donors (Lipinski definition) is 1. The fourth-order valence-electron chi connectivity index (χ4n) is 3.59. The molecule has 4 aromatic carbocycles. The van der Waals surface area contributed by atoms with Crippen LogP contribution in [-0.2, 0) is 17.6 Å². The van der Waals surface area contributed by atoms with Crippen molar-refractivity contribution in [1.29, 1.82) is 0 Å². The van der Waals surface area contributed by atoms with Gasteiger partial charge < -0.3 is 9.84 Å². The average molecular weight is 481 g/mol. The first-order valence-corrected chi connectivity index (χ1v) is 12.1. The molecule has 0 bridgehead atoms. The third kappa shape index (κ3) is 8.88. The summed E-state index contributed by atoms with van der Waals surface area (Å²) in [5.41, 5.74) is 4.84. The number of ketones is 1.